The van der Waals surface area contributed by atoms with Crippen molar-refractivity contribution in [3.8, 4) is 5.75 Å². The summed E-state index contributed by atoms with van der Waals surface area (Å²) in [7, 11) is 0. The van der Waals surface area contributed by atoms with Gasteiger partial charge in [-0.3, -0.25) is 4.90 Å². The summed E-state index contributed by atoms with van der Waals surface area (Å²) in [5, 5.41) is 0. The van der Waals surface area contributed by atoms with E-state index in [0.717, 1.165) is 18.9 Å². The van der Waals surface area contributed by atoms with E-state index >= 15 is 0 Å². The molecule has 0 bridgehead atoms. The van der Waals surface area contributed by atoms with Gasteiger partial charge in [-0.05, 0) is 57.0 Å². The molecule has 3 nitrogen and oxygen atoms in total. The molecule has 0 spiro atoms. The minimum Gasteiger partial charge on any atom is -0.492 e. The molecule has 1 atom stereocenters. The molecule has 0 aromatic heterocycles. The minimum atomic E-state index is 0.0844. The van der Waals surface area contributed by atoms with Crippen LogP contribution in [-0.2, 0) is 0 Å². The molecule has 0 unspecified atom stereocenters. The van der Waals surface area contributed by atoms with Crippen molar-refractivity contribution in [2.45, 2.75) is 39.2 Å². The predicted octanol–water partition coefficient (Wildman–Crippen LogP) is 2.88. The van der Waals surface area contributed by atoms with Crippen molar-refractivity contribution >= 4 is 0 Å². The lowest BCUT2D eigenvalue weighted by Gasteiger charge is -2.26. The Kier molecular flexibility index (Phi) is 5.23. The van der Waals surface area contributed by atoms with Gasteiger partial charge in [-0.15, -0.1) is 0 Å². The van der Waals surface area contributed by atoms with Gasteiger partial charge in [0.2, 0.25) is 0 Å². The van der Waals surface area contributed by atoms with Crippen LogP contribution in [0.25, 0.3) is 0 Å². The molecule has 2 rings (SSSR count). The topological polar surface area (TPSA) is 38.5 Å². The molecule has 1 fully saturated rings. The lowest BCUT2D eigenvalue weighted by atomic mass is 10.1. The maximum Gasteiger partial charge on any atom is 0.122 e. The summed E-state index contributed by atoms with van der Waals surface area (Å²) in [6.45, 7) is 8.36. The fraction of sp³-hybridized carbons (Fsp3) is 0.625. The third-order valence-electron chi connectivity index (χ3n) is 3.84. The fourth-order valence-electron chi connectivity index (χ4n) is 2.59. The van der Waals surface area contributed by atoms with Crippen LogP contribution in [0.15, 0.2) is 18.2 Å². The number of nitrogens with two attached hydrogens (primary N) is 1. The first-order chi connectivity index (χ1) is 9.16. The van der Waals surface area contributed by atoms with Crippen molar-refractivity contribution in [2.24, 2.45) is 5.73 Å². The highest BCUT2D eigenvalue weighted by molar-refractivity contribution is 5.37. The third kappa shape index (κ3) is 4.22. The van der Waals surface area contributed by atoms with E-state index < -0.39 is 0 Å². The summed E-state index contributed by atoms with van der Waals surface area (Å²) in [5.74, 6) is 0.987. The largest absolute Gasteiger partial charge is 0.492 e. The van der Waals surface area contributed by atoms with Gasteiger partial charge in [0.25, 0.3) is 0 Å². The molecule has 0 radical (unpaired) electrons. The predicted molar refractivity (Wildman–Crippen MR) is 79.6 cm³/mol. The molecular weight excluding hydrogens is 236 g/mol. The molecule has 0 aliphatic carbocycles. The second kappa shape index (κ2) is 6.92. The Morgan fingerprint density at radius 3 is 2.63 bits per heavy atom. The maximum atomic E-state index is 5.89. The van der Waals surface area contributed by atoms with E-state index in [1.807, 2.05) is 13.0 Å². The molecule has 1 aliphatic rings. The summed E-state index contributed by atoms with van der Waals surface area (Å²) in [4.78, 5) is 2.50. The second-order valence-electron chi connectivity index (χ2n) is 5.56. The summed E-state index contributed by atoms with van der Waals surface area (Å²) < 4.78 is 5.89. The standard InChI is InChI=1S/C16H26N2O/c1-13-12-15(14(2)17)6-7-16(13)19-11-10-18-8-4-3-5-9-18/h6-7,12,14H,3-5,8-11,17H2,1-2H3/t14-/m1/s1. The number of likely N-dealkylation sites (tertiary alicyclic amines) is 1. The highest BCUT2D eigenvalue weighted by Gasteiger charge is 2.10. The molecule has 3 heteroatoms. The Morgan fingerprint density at radius 2 is 2.00 bits per heavy atom. The van der Waals surface area contributed by atoms with Crippen molar-refractivity contribution in [3.05, 3.63) is 29.3 Å². The lowest BCUT2D eigenvalue weighted by Crippen LogP contribution is -2.33. The SMILES string of the molecule is Cc1cc([C@@H](C)N)ccc1OCCN1CCCCC1. The van der Waals surface area contributed by atoms with Crippen LogP contribution in [0.1, 0.15) is 43.4 Å². The van der Waals surface area contributed by atoms with Gasteiger partial charge in [0, 0.05) is 12.6 Å². The molecule has 106 valence electrons. The van der Waals surface area contributed by atoms with Crippen molar-refractivity contribution in [2.75, 3.05) is 26.2 Å². The van der Waals surface area contributed by atoms with Crippen LogP contribution in [0, 0.1) is 6.92 Å². The number of rotatable bonds is 5. The van der Waals surface area contributed by atoms with Crippen LogP contribution >= 0.6 is 0 Å². The normalized spacial score (nSPS) is 18.3. The van der Waals surface area contributed by atoms with Crippen LogP contribution in [0.2, 0.25) is 0 Å². The van der Waals surface area contributed by atoms with Crippen molar-refractivity contribution < 1.29 is 4.74 Å². The number of piperidine rings is 1. The summed E-state index contributed by atoms with van der Waals surface area (Å²) >= 11 is 0. The smallest absolute Gasteiger partial charge is 0.122 e. The fourth-order valence-corrected chi connectivity index (χ4v) is 2.59. The highest BCUT2D eigenvalue weighted by Crippen LogP contribution is 2.21. The molecule has 0 amide bonds. The van der Waals surface area contributed by atoms with Gasteiger partial charge in [-0.25, -0.2) is 0 Å². The number of hydrogen-bond donors (Lipinski definition) is 1. The zero-order chi connectivity index (χ0) is 13.7. The average molecular weight is 262 g/mol. The van der Waals surface area contributed by atoms with Gasteiger partial charge in [-0.1, -0.05) is 18.6 Å². The van der Waals surface area contributed by atoms with E-state index in [1.165, 1.54) is 43.5 Å². The van der Waals surface area contributed by atoms with E-state index in [9.17, 15) is 0 Å². The first kappa shape index (κ1) is 14.4. The second-order valence-corrected chi connectivity index (χ2v) is 5.56. The van der Waals surface area contributed by atoms with Gasteiger partial charge in [-0.2, -0.15) is 0 Å². The minimum absolute atomic E-state index is 0.0844. The zero-order valence-electron chi connectivity index (χ0n) is 12.2. The zero-order valence-corrected chi connectivity index (χ0v) is 12.2. The summed E-state index contributed by atoms with van der Waals surface area (Å²) in [6, 6.07) is 6.32. The number of ether oxygens (including phenoxy) is 1. The number of benzene rings is 1. The Balaban J connectivity index is 1.82. The first-order valence-electron chi connectivity index (χ1n) is 7.38. The molecule has 1 aromatic carbocycles. The number of hydrogen-bond acceptors (Lipinski definition) is 3. The molecule has 1 aromatic rings. The Bertz CT molecular complexity index is 398. The summed E-state index contributed by atoms with van der Waals surface area (Å²) in [6.07, 6.45) is 4.05. The Labute approximate surface area is 116 Å². The van der Waals surface area contributed by atoms with Gasteiger partial charge in [0.05, 0.1) is 0 Å². The molecular formula is C16H26N2O. The molecule has 0 saturated carbocycles. The third-order valence-corrected chi connectivity index (χ3v) is 3.84. The van der Waals surface area contributed by atoms with Gasteiger partial charge >= 0.3 is 0 Å². The highest BCUT2D eigenvalue weighted by atomic mass is 16.5. The van der Waals surface area contributed by atoms with E-state index in [2.05, 4.69) is 24.0 Å². The maximum absolute atomic E-state index is 5.89. The van der Waals surface area contributed by atoms with Crippen LogP contribution in [0.5, 0.6) is 5.75 Å². The van der Waals surface area contributed by atoms with Crippen LogP contribution in [0.3, 0.4) is 0 Å². The quantitative estimate of drug-likeness (QED) is 0.886. The van der Waals surface area contributed by atoms with Crippen LogP contribution < -0.4 is 10.5 Å². The van der Waals surface area contributed by atoms with Crippen LogP contribution in [0.4, 0.5) is 0 Å². The van der Waals surface area contributed by atoms with E-state index in [0.29, 0.717) is 0 Å². The molecule has 19 heavy (non-hydrogen) atoms. The molecule has 2 N–H and O–H groups in total. The number of nitrogens with zero attached hydrogens (tertiary/aromatic N) is 1. The van der Waals surface area contributed by atoms with E-state index in [4.69, 9.17) is 10.5 Å². The van der Waals surface area contributed by atoms with Crippen molar-refractivity contribution in [3.63, 3.8) is 0 Å². The molecule has 1 saturated heterocycles. The monoisotopic (exact) mass is 262 g/mol. The lowest BCUT2D eigenvalue weighted by molar-refractivity contribution is 0.183. The average Bonchev–Trinajstić information content (AvgIpc) is 2.41. The molecule has 1 heterocycles. The number of aryl methyl sites for hydroxylation is 1. The molecule has 1 aliphatic heterocycles. The van der Waals surface area contributed by atoms with Gasteiger partial charge in [0.1, 0.15) is 12.4 Å². The first-order valence-corrected chi connectivity index (χ1v) is 7.38. The van der Waals surface area contributed by atoms with Gasteiger partial charge < -0.3 is 10.5 Å². The van der Waals surface area contributed by atoms with Crippen LogP contribution in [-0.4, -0.2) is 31.1 Å². The van der Waals surface area contributed by atoms with E-state index in [1.54, 1.807) is 0 Å². The summed E-state index contributed by atoms with van der Waals surface area (Å²) in [5.41, 5.74) is 8.22. The Hall–Kier alpha value is -1.06. The van der Waals surface area contributed by atoms with Gasteiger partial charge in [0.15, 0.2) is 0 Å². The van der Waals surface area contributed by atoms with E-state index in [-0.39, 0.29) is 6.04 Å². The van der Waals surface area contributed by atoms with Crippen molar-refractivity contribution in [1.82, 2.24) is 4.90 Å². The van der Waals surface area contributed by atoms with Crippen molar-refractivity contribution in [1.29, 1.82) is 0 Å². The Morgan fingerprint density at radius 1 is 1.26 bits per heavy atom.